The van der Waals surface area contributed by atoms with Crippen LogP contribution in [0.5, 0.6) is 0 Å². The van der Waals surface area contributed by atoms with Crippen molar-refractivity contribution in [3.05, 3.63) is 0 Å². The molecule has 2 heterocycles. The van der Waals surface area contributed by atoms with Gasteiger partial charge in [-0.2, -0.15) is 0 Å². The van der Waals surface area contributed by atoms with Gasteiger partial charge in [0.15, 0.2) is 0 Å². The zero-order valence-electron chi connectivity index (χ0n) is 13.2. The van der Waals surface area contributed by atoms with Crippen LogP contribution in [0.25, 0.3) is 0 Å². The number of nitrogens with zero attached hydrogens (tertiary/aromatic N) is 3. The SMILES string of the molecule is CCC1(C(=O)O)CCN(CC(=O)N2CCN(C)CC2)CC1. The number of rotatable bonds is 4. The Morgan fingerprint density at radius 1 is 1.05 bits per heavy atom. The second-order valence-electron chi connectivity index (χ2n) is 6.40. The van der Waals surface area contributed by atoms with Crippen molar-refractivity contribution in [2.75, 3.05) is 52.9 Å². The van der Waals surface area contributed by atoms with Crippen molar-refractivity contribution in [1.82, 2.24) is 14.7 Å². The first-order valence-corrected chi connectivity index (χ1v) is 7.89. The molecule has 2 aliphatic rings. The van der Waals surface area contributed by atoms with E-state index in [0.29, 0.717) is 38.9 Å². The summed E-state index contributed by atoms with van der Waals surface area (Å²) in [6, 6.07) is 0. The Morgan fingerprint density at radius 3 is 2.10 bits per heavy atom. The first-order chi connectivity index (χ1) is 9.97. The molecule has 0 spiro atoms. The Hall–Kier alpha value is -1.14. The van der Waals surface area contributed by atoms with E-state index in [9.17, 15) is 14.7 Å². The van der Waals surface area contributed by atoms with Crippen molar-refractivity contribution < 1.29 is 14.7 Å². The molecule has 0 aliphatic carbocycles. The molecule has 0 atom stereocenters. The zero-order chi connectivity index (χ0) is 15.5. The summed E-state index contributed by atoms with van der Waals surface area (Å²) in [4.78, 5) is 30.0. The van der Waals surface area contributed by atoms with Crippen LogP contribution in [0, 0.1) is 5.41 Å². The Labute approximate surface area is 126 Å². The smallest absolute Gasteiger partial charge is 0.309 e. The standard InChI is InChI=1S/C15H27N3O3/c1-3-15(14(20)21)4-6-17(7-5-15)12-13(19)18-10-8-16(2)9-11-18/h3-12H2,1-2H3,(H,20,21). The number of likely N-dealkylation sites (tertiary alicyclic amines) is 1. The third-order valence-corrected chi connectivity index (χ3v) is 5.16. The molecule has 1 N–H and O–H groups in total. The molecule has 21 heavy (non-hydrogen) atoms. The Balaban J connectivity index is 1.80. The van der Waals surface area contributed by atoms with E-state index in [-0.39, 0.29) is 5.91 Å². The Kier molecular flexibility index (Phi) is 5.22. The summed E-state index contributed by atoms with van der Waals surface area (Å²) in [6.45, 7) is 7.27. The predicted molar refractivity (Wildman–Crippen MR) is 80.1 cm³/mol. The molecule has 0 bridgehead atoms. The van der Waals surface area contributed by atoms with E-state index in [1.807, 2.05) is 11.8 Å². The predicted octanol–water partition coefficient (Wildman–Crippen LogP) is 0.337. The van der Waals surface area contributed by atoms with Crippen molar-refractivity contribution in [3.63, 3.8) is 0 Å². The number of carbonyl (C=O) groups excluding carboxylic acids is 1. The van der Waals surface area contributed by atoms with E-state index >= 15 is 0 Å². The maximum atomic E-state index is 12.3. The highest BCUT2D eigenvalue weighted by molar-refractivity contribution is 5.78. The third-order valence-electron chi connectivity index (χ3n) is 5.16. The van der Waals surface area contributed by atoms with Gasteiger partial charge in [-0.3, -0.25) is 14.5 Å². The number of carboxylic acids is 1. The van der Waals surface area contributed by atoms with Gasteiger partial charge in [0.1, 0.15) is 0 Å². The van der Waals surface area contributed by atoms with Crippen LogP contribution in [0.2, 0.25) is 0 Å². The summed E-state index contributed by atoms with van der Waals surface area (Å²) in [7, 11) is 2.07. The van der Waals surface area contributed by atoms with Crippen molar-refractivity contribution in [3.8, 4) is 0 Å². The number of hydrogen-bond acceptors (Lipinski definition) is 4. The largest absolute Gasteiger partial charge is 0.481 e. The second-order valence-corrected chi connectivity index (χ2v) is 6.40. The van der Waals surface area contributed by atoms with E-state index in [1.54, 1.807) is 0 Å². The number of carbonyl (C=O) groups is 2. The fraction of sp³-hybridized carbons (Fsp3) is 0.867. The van der Waals surface area contributed by atoms with Crippen LogP contribution in [0.15, 0.2) is 0 Å². The highest BCUT2D eigenvalue weighted by atomic mass is 16.4. The van der Waals surface area contributed by atoms with Gasteiger partial charge in [-0.1, -0.05) is 6.92 Å². The maximum absolute atomic E-state index is 12.3. The summed E-state index contributed by atoms with van der Waals surface area (Å²) in [5, 5.41) is 9.39. The second kappa shape index (κ2) is 6.75. The summed E-state index contributed by atoms with van der Waals surface area (Å²) < 4.78 is 0. The van der Waals surface area contributed by atoms with Crippen molar-refractivity contribution in [1.29, 1.82) is 0 Å². The van der Waals surface area contributed by atoms with E-state index in [1.165, 1.54) is 0 Å². The summed E-state index contributed by atoms with van der Waals surface area (Å²) in [5.41, 5.74) is -0.576. The minimum absolute atomic E-state index is 0.183. The molecule has 0 saturated carbocycles. The van der Waals surface area contributed by atoms with Crippen LogP contribution in [0.1, 0.15) is 26.2 Å². The average molecular weight is 297 g/mol. The number of hydrogen-bond donors (Lipinski definition) is 1. The van der Waals surface area contributed by atoms with Gasteiger partial charge in [-0.05, 0) is 39.4 Å². The van der Waals surface area contributed by atoms with Gasteiger partial charge in [0, 0.05) is 26.2 Å². The van der Waals surface area contributed by atoms with Gasteiger partial charge in [0.25, 0.3) is 0 Å². The highest BCUT2D eigenvalue weighted by Crippen LogP contribution is 2.35. The van der Waals surface area contributed by atoms with Crippen LogP contribution >= 0.6 is 0 Å². The molecular formula is C15H27N3O3. The molecule has 0 radical (unpaired) electrons. The number of amides is 1. The molecule has 2 saturated heterocycles. The van der Waals surface area contributed by atoms with E-state index in [2.05, 4.69) is 16.8 Å². The summed E-state index contributed by atoms with van der Waals surface area (Å²) >= 11 is 0. The third kappa shape index (κ3) is 3.74. The number of aliphatic carboxylic acids is 1. The molecule has 6 heteroatoms. The monoisotopic (exact) mass is 297 g/mol. The lowest BCUT2D eigenvalue weighted by molar-refractivity contribution is -0.152. The molecule has 1 amide bonds. The molecule has 6 nitrogen and oxygen atoms in total. The van der Waals surface area contributed by atoms with Crippen molar-refractivity contribution in [2.45, 2.75) is 26.2 Å². The van der Waals surface area contributed by atoms with Gasteiger partial charge in [0.2, 0.25) is 5.91 Å². The molecule has 0 aromatic rings. The topological polar surface area (TPSA) is 64.1 Å². The maximum Gasteiger partial charge on any atom is 0.309 e. The van der Waals surface area contributed by atoms with E-state index in [4.69, 9.17) is 0 Å². The minimum Gasteiger partial charge on any atom is -0.481 e. The van der Waals surface area contributed by atoms with Crippen LogP contribution in [-0.2, 0) is 9.59 Å². The lowest BCUT2D eigenvalue weighted by Gasteiger charge is -2.39. The summed E-state index contributed by atoms with van der Waals surface area (Å²) in [6.07, 6.45) is 1.96. The lowest BCUT2D eigenvalue weighted by atomic mass is 9.76. The van der Waals surface area contributed by atoms with Gasteiger partial charge in [-0.15, -0.1) is 0 Å². The number of piperidine rings is 1. The zero-order valence-corrected chi connectivity index (χ0v) is 13.2. The average Bonchev–Trinajstić information content (AvgIpc) is 2.48. The van der Waals surface area contributed by atoms with Crippen LogP contribution in [0.3, 0.4) is 0 Å². The van der Waals surface area contributed by atoms with E-state index < -0.39 is 11.4 Å². The van der Waals surface area contributed by atoms with Gasteiger partial charge in [0.05, 0.1) is 12.0 Å². The lowest BCUT2D eigenvalue weighted by Crippen LogP contribution is -2.52. The number of likely N-dealkylation sites (N-methyl/N-ethyl adjacent to an activating group) is 1. The molecule has 0 aromatic heterocycles. The molecule has 0 unspecified atom stereocenters. The van der Waals surface area contributed by atoms with Gasteiger partial charge < -0.3 is 14.9 Å². The van der Waals surface area contributed by atoms with Crippen molar-refractivity contribution in [2.24, 2.45) is 5.41 Å². The number of piperazine rings is 1. The fourth-order valence-electron chi connectivity index (χ4n) is 3.20. The Bertz CT molecular complexity index is 384. The quantitative estimate of drug-likeness (QED) is 0.810. The minimum atomic E-state index is -0.685. The molecule has 0 aromatic carbocycles. The molecule has 2 aliphatic heterocycles. The first-order valence-electron chi connectivity index (χ1n) is 7.89. The van der Waals surface area contributed by atoms with Crippen LogP contribution < -0.4 is 0 Å². The van der Waals surface area contributed by atoms with Crippen LogP contribution in [0.4, 0.5) is 0 Å². The molecular weight excluding hydrogens is 270 g/mol. The molecule has 2 rings (SSSR count). The summed E-state index contributed by atoms with van der Waals surface area (Å²) in [5.74, 6) is -0.502. The van der Waals surface area contributed by atoms with E-state index in [0.717, 1.165) is 26.2 Å². The first kappa shape index (κ1) is 16.2. The fourth-order valence-corrected chi connectivity index (χ4v) is 3.20. The number of carboxylic acid groups (broad SMARTS) is 1. The van der Waals surface area contributed by atoms with Gasteiger partial charge in [-0.25, -0.2) is 0 Å². The normalized spacial score (nSPS) is 24.0. The van der Waals surface area contributed by atoms with Crippen LogP contribution in [-0.4, -0.2) is 84.5 Å². The highest BCUT2D eigenvalue weighted by Gasteiger charge is 2.40. The van der Waals surface area contributed by atoms with Gasteiger partial charge >= 0.3 is 5.97 Å². The molecule has 2 fully saturated rings. The molecule has 120 valence electrons. The Morgan fingerprint density at radius 2 is 1.62 bits per heavy atom. The van der Waals surface area contributed by atoms with Crippen molar-refractivity contribution >= 4 is 11.9 Å².